The largest absolute Gasteiger partial charge is 0.476 e. The molecule has 0 fully saturated rings. The van der Waals surface area contributed by atoms with E-state index in [1.807, 2.05) is 0 Å². The predicted molar refractivity (Wildman–Crippen MR) is 46.1 cm³/mol. The molecule has 0 unspecified atom stereocenters. The van der Waals surface area contributed by atoms with Crippen LogP contribution in [0.5, 0.6) is 0 Å². The second kappa shape index (κ2) is 3.76. The van der Waals surface area contributed by atoms with Gasteiger partial charge in [-0.15, -0.1) is 12.4 Å². The zero-order valence-electron chi connectivity index (χ0n) is 6.74. The molecule has 0 radical (unpaired) electrons. The summed E-state index contributed by atoms with van der Waals surface area (Å²) in [6, 6.07) is 0. The summed E-state index contributed by atoms with van der Waals surface area (Å²) in [4.78, 5) is 10.6. The highest BCUT2D eigenvalue weighted by Gasteiger charge is 2.22. The molecule has 1 aromatic heterocycles. The van der Waals surface area contributed by atoms with E-state index in [1.165, 1.54) is 0 Å². The molecule has 0 aliphatic carbocycles. The Kier molecular flexibility index (Phi) is 2.90. The number of aromatic nitrogens is 1. The molecule has 2 N–H and O–H groups in total. The molecular weight excluding hydrogens is 196 g/mol. The number of rotatable bonds is 1. The Balaban J connectivity index is 0.000000845. The molecular formula is C7H9ClN2O3. The monoisotopic (exact) mass is 204 g/mol. The van der Waals surface area contributed by atoms with Gasteiger partial charge in [-0.25, -0.2) is 4.79 Å². The predicted octanol–water partition coefficient (Wildman–Crippen LogP) is 0.440. The van der Waals surface area contributed by atoms with Crippen molar-refractivity contribution >= 4 is 18.4 Å². The normalized spacial score (nSPS) is 14.5. The Labute approximate surface area is 80.5 Å². The summed E-state index contributed by atoms with van der Waals surface area (Å²) >= 11 is 0. The van der Waals surface area contributed by atoms with Crippen LogP contribution in [0.15, 0.2) is 4.52 Å². The first-order chi connectivity index (χ1) is 5.79. The third-order valence-corrected chi connectivity index (χ3v) is 1.91. The molecule has 1 aliphatic rings. The van der Waals surface area contributed by atoms with Crippen molar-refractivity contribution in [3.8, 4) is 0 Å². The zero-order chi connectivity index (χ0) is 8.55. The van der Waals surface area contributed by atoms with Crippen LogP contribution in [-0.4, -0.2) is 22.8 Å². The van der Waals surface area contributed by atoms with Gasteiger partial charge >= 0.3 is 5.97 Å². The van der Waals surface area contributed by atoms with Crippen molar-refractivity contribution in [3.05, 3.63) is 17.0 Å². The highest BCUT2D eigenvalue weighted by atomic mass is 35.5. The van der Waals surface area contributed by atoms with Gasteiger partial charge in [0.05, 0.1) is 6.54 Å². The number of carbonyl (C=O) groups is 1. The van der Waals surface area contributed by atoms with Gasteiger partial charge in [0.1, 0.15) is 0 Å². The first kappa shape index (κ1) is 10.0. The molecule has 1 aromatic rings. The number of aromatic carboxylic acids is 1. The van der Waals surface area contributed by atoms with Gasteiger partial charge in [-0.2, -0.15) is 0 Å². The lowest BCUT2D eigenvalue weighted by molar-refractivity contribution is 0.0684. The minimum Gasteiger partial charge on any atom is -0.476 e. The number of hydrogen-bond donors (Lipinski definition) is 2. The highest BCUT2D eigenvalue weighted by molar-refractivity contribution is 5.87. The summed E-state index contributed by atoms with van der Waals surface area (Å²) in [5.74, 6) is -0.361. The summed E-state index contributed by atoms with van der Waals surface area (Å²) in [6.07, 6.45) is 0.681. The number of carboxylic acid groups (broad SMARTS) is 1. The van der Waals surface area contributed by atoms with E-state index in [1.54, 1.807) is 0 Å². The van der Waals surface area contributed by atoms with Gasteiger partial charge in [0.2, 0.25) is 0 Å². The zero-order valence-corrected chi connectivity index (χ0v) is 7.56. The van der Waals surface area contributed by atoms with Crippen LogP contribution in [0.25, 0.3) is 0 Å². The Hall–Kier alpha value is -1.07. The average Bonchev–Trinajstić information content (AvgIpc) is 2.47. The molecule has 0 aromatic carbocycles. The average molecular weight is 205 g/mol. The van der Waals surface area contributed by atoms with Crippen LogP contribution in [0.4, 0.5) is 0 Å². The molecule has 0 saturated carbocycles. The number of halogens is 1. The van der Waals surface area contributed by atoms with E-state index in [9.17, 15) is 4.79 Å². The van der Waals surface area contributed by atoms with E-state index >= 15 is 0 Å². The smallest absolute Gasteiger partial charge is 0.358 e. The third-order valence-electron chi connectivity index (χ3n) is 1.91. The topological polar surface area (TPSA) is 75.4 Å². The lowest BCUT2D eigenvalue weighted by Gasteiger charge is -2.09. The summed E-state index contributed by atoms with van der Waals surface area (Å²) in [5, 5.41) is 15.2. The van der Waals surface area contributed by atoms with Crippen molar-refractivity contribution in [3.63, 3.8) is 0 Å². The van der Waals surface area contributed by atoms with E-state index < -0.39 is 5.97 Å². The molecule has 0 bridgehead atoms. The van der Waals surface area contributed by atoms with E-state index in [0.29, 0.717) is 18.7 Å². The number of fused-ring (bicyclic) bond motifs is 1. The second-order valence-corrected chi connectivity index (χ2v) is 2.66. The summed E-state index contributed by atoms with van der Waals surface area (Å²) in [7, 11) is 0. The Morgan fingerprint density at radius 2 is 2.38 bits per heavy atom. The number of hydrogen-bond acceptors (Lipinski definition) is 4. The minimum atomic E-state index is -1.01. The summed E-state index contributed by atoms with van der Waals surface area (Å²) < 4.78 is 4.86. The van der Waals surface area contributed by atoms with Crippen LogP contribution in [0.3, 0.4) is 0 Å². The minimum absolute atomic E-state index is 0. The van der Waals surface area contributed by atoms with Crippen molar-refractivity contribution in [2.45, 2.75) is 13.0 Å². The molecule has 5 nitrogen and oxygen atoms in total. The van der Waals surface area contributed by atoms with Gasteiger partial charge in [0.25, 0.3) is 0 Å². The van der Waals surface area contributed by atoms with Crippen LogP contribution in [0.1, 0.15) is 21.8 Å². The number of carboxylic acids is 1. The molecule has 6 heteroatoms. The van der Waals surface area contributed by atoms with E-state index in [4.69, 9.17) is 9.63 Å². The maximum atomic E-state index is 10.6. The van der Waals surface area contributed by atoms with Crippen LogP contribution >= 0.6 is 12.4 Å². The molecule has 2 heterocycles. The lowest BCUT2D eigenvalue weighted by Crippen LogP contribution is -2.23. The molecule has 72 valence electrons. The van der Waals surface area contributed by atoms with Crippen molar-refractivity contribution < 1.29 is 14.4 Å². The summed E-state index contributed by atoms with van der Waals surface area (Å²) in [6.45, 7) is 1.37. The molecule has 0 amide bonds. The van der Waals surface area contributed by atoms with E-state index in [-0.39, 0.29) is 18.1 Å². The lowest BCUT2D eigenvalue weighted by atomic mass is 10.1. The van der Waals surface area contributed by atoms with Crippen LogP contribution in [0.2, 0.25) is 0 Å². The maximum Gasteiger partial charge on any atom is 0.358 e. The van der Waals surface area contributed by atoms with Gasteiger partial charge in [-0.1, -0.05) is 5.16 Å². The molecule has 1 aliphatic heterocycles. The van der Waals surface area contributed by atoms with Crippen LogP contribution in [-0.2, 0) is 13.0 Å². The molecule has 0 saturated heterocycles. The fourth-order valence-corrected chi connectivity index (χ4v) is 1.32. The number of nitrogens with one attached hydrogen (secondary N) is 1. The fraction of sp³-hybridized carbons (Fsp3) is 0.429. The van der Waals surface area contributed by atoms with Gasteiger partial charge < -0.3 is 14.9 Å². The first-order valence-electron chi connectivity index (χ1n) is 3.70. The Morgan fingerprint density at radius 3 is 3.08 bits per heavy atom. The van der Waals surface area contributed by atoms with Crippen LogP contribution < -0.4 is 5.32 Å². The quantitative estimate of drug-likeness (QED) is 0.694. The maximum absolute atomic E-state index is 10.6. The molecule has 0 atom stereocenters. The Bertz CT molecular complexity index is 324. The molecule has 2 rings (SSSR count). The second-order valence-electron chi connectivity index (χ2n) is 2.66. The molecule has 0 spiro atoms. The van der Waals surface area contributed by atoms with Gasteiger partial charge in [-0.05, 0) is 13.0 Å². The van der Waals surface area contributed by atoms with Gasteiger partial charge in [0.15, 0.2) is 11.5 Å². The highest BCUT2D eigenvalue weighted by Crippen LogP contribution is 2.17. The van der Waals surface area contributed by atoms with Crippen molar-refractivity contribution in [2.24, 2.45) is 0 Å². The first-order valence-corrected chi connectivity index (χ1v) is 3.70. The fourth-order valence-electron chi connectivity index (χ4n) is 1.32. The van der Waals surface area contributed by atoms with E-state index in [2.05, 4.69) is 10.5 Å². The van der Waals surface area contributed by atoms with Crippen molar-refractivity contribution in [1.82, 2.24) is 10.5 Å². The Morgan fingerprint density at radius 1 is 1.62 bits per heavy atom. The summed E-state index contributed by atoms with van der Waals surface area (Å²) in [5.41, 5.74) is 0.799. The van der Waals surface area contributed by atoms with Crippen molar-refractivity contribution in [2.75, 3.05) is 6.54 Å². The van der Waals surface area contributed by atoms with Gasteiger partial charge in [-0.3, -0.25) is 0 Å². The van der Waals surface area contributed by atoms with Crippen LogP contribution in [0, 0.1) is 0 Å². The SMILES string of the molecule is Cl.O=C(O)c1noc2c1CCNC2. The number of nitrogens with zero attached hydrogens (tertiary/aromatic N) is 1. The third kappa shape index (κ3) is 1.66. The standard InChI is InChI=1S/C7H8N2O3.ClH/c10-7(11)6-4-1-2-8-3-5(4)12-9-6;/h8H,1-3H2,(H,10,11);1H. The van der Waals surface area contributed by atoms with Gasteiger partial charge in [0, 0.05) is 5.56 Å². The van der Waals surface area contributed by atoms with Crippen molar-refractivity contribution in [1.29, 1.82) is 0 Å². The van der Waals surface area contributed by atoms with E-state index in [0.717, 1.165) is 12.1 Å². The molecule has 13 heavy (non-hydrogen) atoms.